The zero-order valence-electron chi connectivity index (χ0n) is 10.3. The number of benzene rings is 1. The number of nitrogens with zero attached hydrogens (tertiary/aromatic N) is 1. The molecule has 0 aliphatic carbocycles. The van der Waals surface area contributed by atoms with Crippen LogP contribution in [-0.4, -0.2) is 31.1 Å². The molecule has 2 rings (SSSR count). The first-order valence-electron chi connectivity index (χ1n) is 6.04. The maximum atomic E-state index is 12.6. The summed E-state index contributed by atoms with van der Waals surface area (Å²) in [4.78, 5) is 2.11. The van der Waals surface area contributed by atoms with Crippen LogP contribution in [0.5, 0.6) is 0 Å². The number of hydrogen-bond acceptors (Lipinski definition) is 2. The highest BCUT2D eigenvalue weighted by atomic mass is 19.4. The van der Waals surface area contributed by atoms with Gasteiger partial charge in [0, 0.05) is 19.1 Å². The van der Waals surface area contributed by atoms with Crippen molar-refractivity contribution in [3.8, 4) is 0 Å². The summed E-state index contributed by atoms with van der Waals surface area (Å²) in [6, 6.07) is 5.98. The van der Waals surface area contributed by atoms with E-state index >= 15 is 0 Å². The van der Waals surface area contributed by atoms with Gasteiger partial charge in [-0.05, 0) is 31.6 Å². The van der Waals surface area contributed by atoms with Gasteiger partial charge in [0.05, 0.1) is 5.56 Å². The Morgan fingerprint density at radius 3 is 2.78 bits per heavy atom. The van der Waals surface area contributed by atoms with Crippen LogP contribution in [0.4, 0.5) is 13.2 Å². The summed E-state index contributed by atoms with van der Waals surface area (Å²) in [5.41, 5.74) is 0.136. The highest BCUT2D eigenvalue weighted by Gasteiger charge is 2.30. The molecule has 100 valence electrons. The second kappa shape index (κ2) is 5.28. The highest BCUT2D eigenvalue weighted by Crippen LogP contribution is 2.29. The Labute approximate surface area is 105 Å². The maximum Gasteiger partial charge on any atom is 0.416 e. The summed E-state index contributed by atoms with van der Waals surface area (Å²) in [6.07, 6.45) is -3.21. The van der Waals surface area contributed by atoms with Crippen molar-refractivity contribution in [1.82, 2.24) is 10.2 Å². The van der Waals surface area contributed by atoms with Gasteiger partial charge in [-0.3, -0.25) is 4.90 Å². The van der Waals surface area contributed by atoms with E-state index in [-0.39, 0.29) is 0 Å². The van der Waals surface area contributed by atoms with Crippen molar-refractivity contribution in [3.63, 3.8) is 0 Å². The van der Waals surface area contributed by atoms with Crippen molar-refractivity contribution in [2.75, 3.05) is 20.1 Å². The lowest BCUT2D eigenvalue weighted by atomic mass is 10.1. The molecule has 1 atom stereocenters. The van der Waals surface area contributed by atoms with E-state index in [0.717, 1.165) is 25.6 Å². The third kappa shape index (κ3) is 3.23. The predicted octanol–water partition coefficient (Wildman–Crippen LogP) is 2.50. The van der Waals surface area contributed by atoms with Crippen LogP contribution >= 0.6 is 0 Å². The van der Waals surface area contributed by atoms with Crippen LogP contribution in [0.2, 0.25) is 0 Å². The second-order valence-corrected chi connectivity index (χ2v) is 4.76. The number of halogens is 3. The van der Waals surface area contributed by atoms with Crippen LogP contribution in [0.25, 0.3) is 0 Å². The largest absolute Gasteiger partial charge is 0.416 e. The number of alkyl halides is 3. The van der Waals surface area contributed by atoms with Gasteiger partial charge in [-0.2, -0.15) is 13.2 Å². The van der Waals surface area contributed by atoms with E-state index in [1.807, 2.05) is 7.05 Å². The minimum atomic E-state index is -4.26. The quantitative estimate of drug-likeness (QED) is 0.896. The monoisotopic (exact) mass is 258 g/mol. The molecule has 1 aliphatic rings. The minimum absolute atomic E-state index is 0.416. The molecule has 1 N–H and O–H groups in total. The Kier molecular flexibility index (Phi) is 3.92. The molecule has 1 fully saturated rings. The maximum absolute atomic E-state index is 12.6. The average molecular weight is 258 g/mol. The summed E-state index contributed by atoms with van der Waals surface area (Å²) >= 11 is 0. The van der Waals surface area contributed by atoms with Gasteiger partial charge in [0.1, 0.15) is 0 Å². The zero-order valence-corrected chi connectivity index (χ0v) is 10.3. The Balaban J connectivity index is 2.04. The average Bonchev–Trinajstić information content (AvgIpc) is 2.81. The van der Waals surface area contributed by atoms with E-state index in [1.54, 1.807) is 6.07 Å². The van der Waals surface area contributed by atoms with E-state index < -0.39 is 11.7 Å². The van der Waals surface area contributed by atoms with E-state index in [0.29, 0.717) is 18.2 Å². The molecular weight excluding hydrogens is 241 g/mol. The normalized spacial score (nSPS) is 20.6. The molecular formula is C13H17F3N2. The van der Waals surface area contributed by atoms with Crippen molar-refractivity contribution in [3.05, 3.63) is 35.4 Å². The molecule has 1 unspecified atom stereocenters. The lowest BCUT2D eigenvalue weighted by Gasteiger charge is -2.23. The molecule has 5 heteroatoms. The first-order chi connectivity index (χ1) is 8.47. The first kappa shape index (κ1) is 13.4. The molecule has 0 spiro atoms. The molecule has 0 radical (unpaired) electrons. The van der Waals surface area contributed by atoms with Gasteiger partial charge in [0.2, 0.25) is 0 Å². The topological polar surface area (TPSA) is 15.3 Å². The number of likely N-dealkylation sites (N-methyl/N-ethyl adjacent to an activating group) is 1. The fourth-order valence-electron chi connectivity index (χ4n) is 2.28. The van der Waals surface area contributed by atoms with E-state index in [4.69, 9.17) is 0 Å². The first-order valence-corrected chi connectivity index (χ1v) is 6.04. The van der Waals surface area contributed by atoms with Crippen LogP contribution < -0.4 is 5.32 Å². The fraction of sp³-hybridized carbons (Fsp3) is 0.538. The van der Waals surface area contributed by atoms with Crippen molar-refractivity contribution >= 4 is 0 Å². The molecule has 0 bridgehead atoms. The number of rotatable bonds is 3. The molecule has 0 aromatic heterocycles. The molecule has 1 heterocycles. The van der Waals surface area contributed by atoms with Crippen molar-refractivity contribution in [1.29, 1.82) is 0 Å². The fourth-order valence-corrected chi connectivity index (χ4v) is 2.28. The summed E-state index contributed by atoms with van der Waals surface area (Å²) < 4.78 is 37.7. The Morgan fingerprint density at radius 1 is 1.39 bits per heavy atom. The summed E-state index contributed by atoms with van der Waals surface area (Å²) in [6.45, 7) is 2.45. The molecule has 0 saturated carbocycles. The van der Waals surface area contributed by atoms with E-state index in [1.165, 1.54) is 12.1 Å². The molecule has 1 saturated heterocycles. The highest BCUT2D eigenvalue weighted by molar-refractivity contribution is 5.25. The van der Waals surface area contributed by atoms with E-state index in [2.05, 4.69) is 10.2 Å². The summed E-state index contributed by atoms with van der Waals surface area (Å²) in [7, 11) is 1.96. The van der Waals surface area contributed by atoms with Crippen LogP contribution in [0.15, 0.2) is 24.3 Å². The molecule has 2 nitrogen and oxygen atoms in total. The smallest absolute Gasteiger partial charge is 0.315 e. The number of hydrogen-bond donors (Lipinski definition) is 1. The second-order valence-electron chi connectivity index (χ2n) is 4.76. The van der Waals surface area contributed by atoms with Gasteiger partial charge in [-0.25, -0.2) is 0 Å². The zero-order chi connectivity index (χ0) is 13.2. The predicted molar refractivity (Wildman–Crippen MR) is 64.2 cm³/mol. The number of nitrogens with one attached hydrogen (secondary N) is 1. The van der Waals surface area contributed by atoms with Gasteiger partial charge in [0.25, 0.3) is 0 Å². The molecule has 1 aromatic carbocycles. The summed E-state index contributed by atoms with van der Waals surface area (Å²) in [5.74, 6) is 0. The molecule has 0 amide bonds. The lowest BCUT2D eigenvalue weighted by molar-refractivity contribution is -0.137. The van der Waals surface area contributed by atoms with Gasteiger partial charge in [-0.1, -0.05) is 18.2 Å². The van der Waals surface area contributed by atoms with E-state index in [9.17, 15) is 13.2 Å². The van der Waals surface area contributed by atoms with Crippen molar-refractivity contribution < 1.29 is 13.2 Å². The Hall–Kier alpha value is -1.07. The molecule has 1 aromatic rings. The van der Waals surface area contributed by atoms with Crippen molar-refractivity contribution in [2.24, 2.45) is 0 Å². The standard InChI is InChI=1S/C13H17F3N2/c1-18(12-5-6-17-8-12)9-10-3-2-4-11(7-10)13(14,15)16/h2-4,7,12,17H,5-6,8-9H2,1H3. The molecule has 1 aliphatic heterocycles. The van der Waals surface area contributed by atoms with Gasteiger partial charge in [0.15, 0.2) is 0 Å². The van der Waals surface area contributed by atoms with Gasteiger partial charge >= 0.3 is 6.18 Å². The Morgan fingerprint density at radius 2 is 2.17 bits per heavy atom. The van der Waals surface area contributed by atoms with Crippen LogP contribution in [0, 0.1) is 0 Å². The summed E-state index contributed by atoms with van der Waals surface area (Å²) in [5, 5.41) is 3.25. The minimum Gasteiger partial charge on any atom is -0.315 e. The third-order valence-electron chi connectivity index (χ3n) is 3.34. The SMILES string of the molecule is CN(Cc1cccc(C(F)(F)F)c1)C1CCNC1. The van der Waals surface area contributed by atoms with Gasteiger partial charge < -0.3 is 5.32 Å². The van der Waals surface area contributed by atoms with Gasteiger partial charge in [-0.15, -0.1) is 0 Å². The third-order valence-corrected chi connectivity index (χ3v) is 3.34. The Bertz CT molecular complexity index is 397. The van der Waals surface area contributed by atoms with Crippen molar-refractivity contribution in [2.45, 2.75) is 25.2 Å². The lowest BCUT2D eigenvalue weighted by Crippen LogP contribution is -2.32. The van der Waals surface area contributed by atoms with Crippen LogP contribution in [-0.2, 0) is 12.7 Å². The van der Waals surface area contributed by atoms with Crippen LogP contribution in [0.1, 0.15) is 17.5 Å². The molecule has 18 heavy (non-hydrogen) atoms. The van der Waals surface area contributed by atoms with Crippen LogP contribution in [0.3, 0.4) is 0 Å².